The largest absolute Gasteiger partial charge is 0.457 e. The minimum Gasteiger partial charge on any atom is -0.457 e. The van der Waals surface area contributed by atoms with Gasteiger partial charge in [0, 0.05) is 5.88 Å². The van der Waals surface area contributed by atoms with Crippen LogP contribution in [0.5, 0.6) is 11.5 Å². The topological polar surface area (TPSA) is 29.5 Å². The lowest BCUT2D eigenvalue weighted by atomic mass is 10.1. The summed E-state index contributed by atoms with van der Waals surface area (Å²) in [6.45, 7) is 0. The van der Waals surface area contributed by atoms with E-state index in [1.54, 1.807) is 0 Å². The molecule has 0 aliphatic heterocycles. The van der Waals surface area contributed by atoms with Crippen LogP contribution in [0.4, 0.5) is 0 Å². The molecule has 2 aromatic carbocycles. The molecule has 2 rings (SSSR count). The lowest BCUT2D eigenvalue weighted by molar-refractivity contribution is 0.198. The minimum absolute atomic E-state index is 0.252. The van der Waals surface area contributed by atoms with Crippen LogP contribution in [0, 0.1) is 0 Å². The maximum absolute atomic E-state index is 9.45. The first-order chi connectivity index (χ1) is 8.78. The van der Waals surface area contributed by atoms with E-state index in [1.807, 2.05) is 54.6 Å². The third kappa shape index (κ3) is 3.76. The van der Waals surface area contributed by atoms with Gasteiger partial charge in [-0.25, -0.2) is 0 Å². The van der Waals surface area contributed by atoms with Crippen LogP contribution in [0.15, 0.2) is 54.6 Å². The smallest absolute Gasteiger partial charge is 0.127 e. The molecule has 18 heavy (non-hydrogen) atoms. The number of aliphatic hydroxyl groups is 1. The molecule has 94 valence electrons. The Hall–Kier alpha value is -1.51. The summed E-state index contributed by atoms with van der Waals surface area (Å²) in [5.41, 5.74) is 1.04. The number of alkyl halides is 1. The highest BCUT2D eigenvalue weighted by Crippen LogP contribution is 2.21. The molecule has 1 N–H and O–H groups in total. The van der Waals surface area contributed by atoms with Gasteiger partial charge >= 0.3 is 0 Å². The Balaban J connectivity index is 2.00. The Kier molecular flexibility index (Phi) is 4.62. The summed E-state index contributed by atoms with van der Waals surface area (Å²) in [7, 11) is 0. The fourth-order valence-electron chi connectivity index (χ4n) is 1.64. The molecule has 0 spiro atoms. The van der Waals surface area contributed by atoms with Crippen LogP contribution in [-0.2, 0) is 6.42 Å². The van der Waals surface area contributed by atoms with Gasteiger partial charge in [0.25, 0.3) is 0 Å². The molecule has 0 fully saturated rings. The molecule has 3 heteroatoms. The van der Waals surface area contributed by atoms with Crippen LogP contribution in [-0.4, -0.2) is 17.1 Å². The quantitative estimate of drug-likeness (QED) is 0.834. The Morgan fingerprint density at radius 3 is 2.17 bits per heavy atom. The van der Waals surface area contributed by atoms with Crippen LogP contribution in [0.3, 0.4) is 0 Å². The summed E-state index contributed by atoms with van der Waals surface area (Å²) in [5.74, 6) is 1.85. The Labute approximate surface area is 112 Å². The molecule has 0 aromatic heterocycles. The first-order valence-electron chi connectivity index (χ1n) is 5.84. The van der Waals surface area contributed by atoms with Gasteiger partial charge in [0.15, 0.2) is 0 Å². The minimum atomic E-state index is -0.493. The van der Waals surface area contributed by atoms with E-state index in [-0.39, 0.29) is 5.88 Å². The third-order valence-corrected chi connectivity index (χ3v) is 2.91. The summed E-state index contributed by atoms with van der Waals surface area (Å²) in [6.07, 6.45) is 0.0716. The van der Waals surface area contributed by atoms with Gasteiger partial charge in [-0.1, -0.05) is 30.3 Å². The van der Waals surface area contributed by atoms with E-state index in [9.17, 15) is 5.11 Å². The van der Waals surface area contributed by atoms with Crippen molar-refractivity contribution in [3.05, 3.63) is 60.2 Å². The molecule has 1 unspecified atom stereocenters. The molecule has 0 aliphatic carbocycles. The number of rotatable bonds is 5. The van der Waals surface area contributed by atoms with E-state index in [2.05, 4.69) is 0 Å². The first-order valence-corrected chi connectivity index (χ1v) is 6.37. The molecule has 0 aliphatic rings. The van der Waals surface area contributed by atoms with Gasteiger partial charge in [-0.05, 0) is 36.2 Å². The molecule has 1 atom stereocenters. The van der Waals surface area contributed by atoms with Gasteiger partial charge in [0.05, 0.1) is 6.10 Å². The number of hydrogen-bond acceptors (Lipinski definition) is 2. The van der Waals surface area contributed by atoms with Crippen molar-refractivity contribution < 1.29 is 9.84 Å². The number of benzene rings is 2. The second kappa shape index (κ2) is 6.43. The van der Waals surface area contributed by atoms with Crippen LogP contribution in [0.25, 0.3) is 0 Å². The highest BCUT2D eigenvalue weighted by atomic mass is 35.5. The molecule has 0 radical (unpaired) electrons. The number of para-hydroxylation sites is 1. The zero-order valence-corrected chi connectivity index (χ0v) is 10.7. The van der Waals surface area contributed by atoms with E-state index >= 15 is 0 Å². The first kappa shape index (κ1) is 12.9. The molecule has 0 saturated heterocycles. The lowest BCUT2D eigenvalue weighted by Crippen LogP contribution is -2.11. The predicted molar refractivity (Wildman–Crippen MR) is 73.4 cm³/mol. The van der Waals surface area contributed by atoms with Crippen molar-refractivity contribution in [1.82, 2.24) is 0 Å². The summed E-state index contributed by atoms with van der Waals surface area (Å²) in [4.78, 5) is 0. The van der Waals surface area contributed by atoms with Crippen LogP contribution in [0.1, 0.15) is 5.56 Å². The highest BCUT2D eigenvalue weighted by molar-refractivity contribution is 6.18. The number of hydrogen-bond donors (Lipinski definition) is 1. The van der Waals surface area contributed by atoms with Gasteiger partial charge in [-0.2, -0.15) is 0 Å². The standard InChI is InChI=1S/C15H15ClO2/c16-11-13(17)10-12-6-8-15(9-7-12)18-14-4-2-1-3-5-14/h1-9,13,17H,10-11H2. The zero-order chi connectivity index (χ0) is 12.8. The van der Waals surface area contributed by atoms with Crippen molar-refractivity contribution in [2.24, 2.45) is 0 Å². The number of aliphatic hydroxyl groups excluding tert-OH is 1. The SMILES string of the molecule is OC(CCl)Cc1ccc(Oc2ccccc2)cc1. The summed E-state index contributed by atoms with van der Waals surface area (Å²) >= 11 is 5.57. The summed E-state index contributed by atoms with van der Waals surface area (Å²) in [5, 5.41) is 9.45. The molecular formula is C15H15ClO2. The molecule has 2 nitrogen and oxygen atoms in total. The Bertz CT molecular complexity index is 468. The molecule has 0 bridgehead atoms. The highest BCUT2D eigenvalue weighted by Gasteiger charge is 2.04. The van der Waals surface area contributed by atoms with E-state index in [4.69, 9.17) is 16.3 Å². The maximum atomic E-state index is 9.45. The van der Waals surface area contributed by atoms with Crippen LogP contribution >= 0.6 is 11.6 Å². The van der Waals surface area contributed by atoms with Crippen molar-refractivity contribution in [3.63, 3.8) is 0 Å². The predicted octanol–water partition coefficient (Wildman–Crippen LogP) is 3.62. The van der Waals surface area contributed by atoms with Gasteiger partial charge in [0.2, 0.25) is 0 Å². The van der Waals surface area contributed by atoms with Crippen LogP contribution in [0.2, 0.25) is 0 Å². The average Bonchev–Trinajstić information content (AvgIpc) is 2.42. The molecule has 0 saturated carbocycles. The van der Waals surface area contributed by atoms with Crippen LogP contribution < -0.4 is 4.74 Å². The second-order valence-corrected chi connectivity index (χ2v) is 4.38. The van der Waals surface area contributed by atoms with Crippen molar-refractivity contribution in [2.45, 2.75) is 12.5 Å². The van der Waals surface area contributed by atoms with Gasteiger partial charge in [-0.15, -0.1) is 11.6 Å². The van der Waals surface area contributed by atoms with Gasteiger partial charge in [0.1, 0.15) is 11.5 Å². The molecular weight excluding hydrogens is 248 g/mol. The maximum Gasteiger partial charge on any atom is 0.127 e. The summed E-state index contributed by atoms with van der Waals surface area (Å²) in [6, 6.07) is 17.3. The monoisotopic (exact) mass is 262 g/mol. The Morgan fingerprint density at radius 1 is 0.944 bits per heavy atom. The molecule has 0 heterocycles. The van der Waals surface area contributed by atoms with E-state index < -0.39 is 6.10 Å². The second-order valence-electron chi connectivity index (χ2n) is 4.07. The molecule has 0 amide bonds. The van der Waals surface area contributed by atoms with Crippen molar-refractivity contribution in [3.8, 4) is 11.5 Å². The third-order valence-electron chi connectivity index (χ3n) is 2.55. The van der Waals surface area contributed by atoms with E-state index in [0.29, 0.717) is 6.42 Å². The van der Waals surface area contributed by atoms with Crippen molar-refractivity contribution in [1.29, 1.82) is 0 Å². The number of ether oxygens (including phenoxy) is 1. The van der Waals surface area contributed by atoms with Gasteiger partial charge in [-0.3, -0.25) is 0 Å². The molecule has 2 aromatic rings. The average molecular weight is 263 g/mol. The zero-order valence-electron chi connectivity index (χ0n) is 9.92. The van der Waals surface area contributed by atoms with E-state index in [1.165, 1.54) is 0 Å². The van der Waals surface area contributed by atoms with Gasteiger partial charge < -0.3 is 9.84 Å². The van der Waals surface area contributed by atoms with Crippen molar-refractivity contribution in [2.75, 3.05) is 5.88 Å². The fraction of sp³-hybridized carbons (Fsp3) is 0.200. The number of halogens is 1. The Morgan fingerprint density at radius 2 is 1.56 bits per heavy atom. The normalized spacial score (nSPS) is 12.1. The lowest BCUT2D eigenvalue weighted by Gasteiger charge is -2.08. The van der Waals surface area contributed by atoms with E-state index in [0.717, 1.165) is 17.1 Å². The van der Waals surface area contributed by atoms with Crippen molar-refractivity contribution >= 4 is 11.6 Å². The summed E-state index contributed by atoms with van der Waals surface area (Å²) < 4.78 is 5.68. The fourth-order valence-corrected chi connectivity index (χ4v) is 1.75.